The monoisotopic (exact) mass is 481 g/mol. The van der Waals surface area contributed by atoms with Crippen LogP contribution in [-0.4, -0.2) is 43.7 Å². The smallest absolute Gasteiger partial charge is 0.191 e. The predicted octanol–water partition coefficient (Wildman–Crippen LogP) is 4.05. The number of halogens is 2. The SMILES string of the molecule is CN=C(NCCCCOc1ccc(F)cc1)NC1CCC(SC)C1.I. The Hall–Kier alpha value is -0.700. The zero-order chi connectivity index (χ0) is 17.2. The lowest BCUT2D eigenvalue weighted by molar-refractivity contribution is 0.306. The largest absolute Gasteiger partial charge is 0.494 e. The van der Waals surface area contributed by atoms with Gasteiger partial charge in [0, 0.05) is 24.9 Å². The van der Waals surface area contributed by atoms with Crippen LogP contribution in [0.4, 0.5) is 4.39 Å². The van der Waals surface area contributed by atoms with Crippen molar-refractivity contribution in [2.75, 3.05) is 26.5 Å². The summed E-state index contributed by atoms with van der Waals surface area (Å²) >= 11 is 1.96. The third-order valence-corrected chi connectivity index (χ3v) is 5.32. The first kappa shape index (κ1) is 22.3. The van der Waals surface area contributed by atoms with Gasteiger partial charge in [-0.05, 0) is 62.6 Å². The first-order valence-electron chi connectivity index (χ1n) is 8.59. The normalized spacial score (nSPS) is 20.0. The third-order valence-electron chi connectivity index (χ3n) is 4.23. The molecule has 7 heteroatoms. The molecule has 4 nitrogen and oxygen atoms in total. The van der Waals surface area contributed by atoms with Crippen molar-refractivity contribution in [1.82, 2.24) is 10.6 Å². The molecule has 2 atom stereocenters. The van der Waals surface area contributed by atoms with E-state index in [1.807, 2.05) is 18.8 Å². The number of nitrogens with one attached hydrogen (secondary N) is 2. The van der Waals surface area contributed by atoms with E-state index in [1.165, 1.54) is 31.4 Å². The van der Waals surface area contributed by atoms with Gasteiger partial charge in [-0.3, -0.25) is 4.99 Å². The molecule has 2 rings (SSSR count). The number of ether oxygens (including phenoxy) is 1. The van der Waals surface area contributed by atoms with Crippen molar-refractivity contribution in [2.24, 2.45) is 4.99 Å². The molecule has 25 heavy (non-hydrogen) atoms. The number of hydrogen-bond donors (Lipinski definition) is 2. The highest BCUT2D eigenvalue weighted by Gasteiger charge is 2.24. The molecular weight excluding hydrogens is 452 g/mol. The number of benzene rings is 1. The maximum absolute atomic E-state index is 12.8. The zero-order valence-electron chi connectivity index (χ0n) is 15.0. The van der Waals surface area contributed by atoms with Crippen molar-refractivity contribution in [3.8, 4) is 5.75 Å². The number of aliphatic imine (C=N–C) groups is 1. The van der Waals surface area contributed by atoms with E-state index in [-0.39, 0.29) is 29.8 Å². The average molecular weight is 481 g/mol. The van der Waals surface area contributed by atoms with Crippen molar-refractivity contribution in [1.29, 1.82) is 0 Å². The molecule has 2 N–H and O–H groups in total. The summed E-state index contributed by atoms with van der Waals surface area (Å²) in [6.07, 6.45) is 7.86. The number of unbranched alkanes of at least 4 members (excludes halogenated alkanes) is 1. The molecule has 1 fully saturated rings. The number of hydrogen-bond acceptors (Lipinski definition) is 3. The molecule has 1 aromatic rings. The van der Waals surface area contributed by atoms with Gasteiger partial charge in [-0.1, -0.05) is 0 Å². The molecule has 1 aromatic carbocycles. The van der Waals surface area contributed by atoms with Crippen LogP contribution in [0.5, 0.6) is 5.75 Å². The lowest BCUT2D eigenvalue weighted by Crippen LogP contribution is -2.42. The zero-order valence-corrected chi connectivity index (χ0v) is 18.1. The molecule has 0 heterocycles. The van der Waals surface area contributed by atoms with Crippen molar-refractivity contribution in [2.45, 2.75) is 43.4 Å². The highest BCUT2D eigenvalue weighted by Crippen LogP contribution is 2.27. The first-order chi connectivity index (χ1) is 11.7. The Morgan fingerprint density at radius 3 is 2.68 bits per heavy atom. The van der Waals surface area contributed by atoms with Crippen molar-refractivity contribution in [3.05, 3.63) is 30.1 Å². The summed E-state index contributed by atoms with van der Waals surface area (Å²) in [5.41, 5.74) is 0. The van der Waals surface area contributed by atoms with Gasteiger partial charge in [0.1, 0.15) is 11.6 Å². The Morgan fingerprint density at radius 1 is 1.28 bits per heavy atom. The van der Waals surface area contributed by atoms with E-state index >= 15 is 0 Å². The van der Waals surface area contributed by atoms with Crippen LogP contribution < -0.4 is 15.4 Å². The lowest BCUT2D eigenvalue weighted by atomic mass is 10.2. The molecule has 0 amide bonds. The summed E-state index contributed by atoms with van der Waals surface area (Å²) in [5.74, 6) is 1.36. The standard InChI is InChI=1S/C18H28FN3OS.HI/c1-20-18(22-15-7-10-17(13-15)24-2)21-11-3-4-12-23-16-8-5-14(19)6-9-16;/h5-6,8-9,15,17H,3-4,7,10-13H2,1-2H3,(H2,20,21,22);1H. The summed E-state index contributed by atoms with van der Waals surface area (Å²) in [7, 11) is 1.81. The predicted molar refractivity (Wildman–Crippen MR) is 116 cm³/mol. The molecule has 142 valence electrons. The van der Waals surface area contributed by atoms with Gasteiger partial charge in [0.2, 0.25) is 0 Å². The van der Waals surface area contributed by atoms with E-state index in [4.69, 9.17) is 4.74 Å². The van der Waals surface area contributed by atoms with Crippen LogP contribution in [0.25, 0.3) is 0 Å². The van der Waals surface area contributed by atoms with Gasteiger partial charge in [-0.15, -0.1) is 24.0 Å². The molecule has 0 bridgehead atoms. The first-order valence-corrected chi connectivity index (χ1v) is 9.88. The van der Waals surface area contributed by atoms with E-state index in [0.717, 1.165) is 30.6 Å². The Bertz CT molecular complexity index is 516. The molecule has 0 spiro atoms. The summed E-state index contributed by atoms with van der Waals surface area (Å²) in [6, 6.07) is 6.68. The Morgan fingerprint density at radius 2 is 2.04 bits per heavy atom. The second-order valence-corrected chi connectivity index (χ2v) is 7.16. The number of guanidine groups is 1. The maximum Gasteiger partial charge on any atom is 0.191 e. The fraction of sp³-hybridized carbons (Fsp3) is 0.611. The second-order valence-electron chi connectivity index (χ2n) is 6.02. The van der Waals surface area contributed by atoms with E-state index in [0.29, 0.717) is 18.4 Å². The second kappa shape index (κ2) is 12.6. The van der Waals surface area contributed by atoms with Gasteiger partial charge in [0.15, 0.2) is 5.96 Å². The topological polar surface area (TPSA) is 45.7 Å². The fourth-order valence-electron chi connectivity index (χ4n) is 2.83. The molecule has 0 saturated heterocycles. The summed E-state index contributed by atoms with van der Waals surface area (Å²) < 4.78 is 18.4. The van der Waals surface area contributed by atoms with Gasteiger partial charge in [-0.2, -0.15) is 11.8 Å². The highest BCUT2D eigenvalue weighted by atomic mass is 127. The molecule has 1 aliphatic rings. The molecule has 1 aliphatic carbocycles. The quantitative estimate of drug-likeness (QED) is 0.255. The van der Waals surface area contributed by atoms with Gasteiger partial charge < -0.3 is 15.4 Å². The van der Waals surface area contributed by atoms with E-state index in [1.54, 1.807) is 12.1 Å². The van der Waals surface area contributed by atoms with Gasteiger partial charge in [0.25, 0.3) is 0 Å². The molecule has 1 saturated carbocycles. The summed E-state index contributed by atoms with van der Waals surface area (Å²) in [6.45, 7) is 1.50. The van der Waals surface area contributed by atoms with Crippen LogP contribution in [0, 0.1) is 5.82 Å². The highest BCUT2D eigenvalue weighted by molar-refractivity contribution is 14.0. The van der Waals surface area contributed by atoms with Crippen molar-refractivity contribution >= 4 is 41.7 Å². The fourth-order valence-corrected chi connectivity index (χ4v) is 3.62. The van der Waals surface area contributed by atoms with Crippen LogP contribution >= 0.6 is 35.7 Å². The van der Waals surface area contributed by atoms with Crippen LogP contribution in [0.2, 0.25) is 0 Å². The number of rotatable bonds is 8. The van der Waals surface area contributed by atoms with E-state index in [2.05, 4.69) is 21.9 Å². The minimum absolute atomic E-state index is 0. The average Bonchev–Trinajstić information content (AvgIpc) is 3.06. The van der Waals surface area contributed by atoms with Crippen LogP contribution in [-0.2, 0) is 0 Å². The van der Waals surface area contributed by atoms with Crippen LogP contribution in [0.15, 0.2) is 29.3 Å². The minimum Gasteiger partial charge on any atom is -0.494 e. The van der Waals surface area contributed by atoms with Crippen LogP contribution in [0.3, 0.4) is 0 Å². The minimum atomic E-state index is -0.239. The Balaban J connectivity index is 0.00000312. The molecule has 0 radical (unpaired) electrons. The molecule has 0 aliphatic heterocycles. The van der Waals surface area contributed by atoms with Crippen LogP contribution in [0.1, 0.15) is 32.1 Å². The number of nitrogens with zero attached hydrogens (tertiary/aromatic N) is 1. The van der Waals surface area contributed by atoms with Gasteiger partial charge >= 0.3 is 0 Å². The molecule has 2 unspecified atom stereocenters. The lowest BCUT2D eigenvalue weighted by Gasteiger charge is -2.17. The Labute approximate surface area is 171 Å². The third kappa shape index (κ3) is 8.48. The van der Waals surface area contributed by atoms with Gasteiger partial charge in [0.05, 0.1) is 6.61 Å². The summed E-state index contributed by atoms with van der Waals surface area (Å²) in [5, 5.41) is 7.65. The van der Waals surface area contributed by atoms with E-state index in [9.17, 15) is 4.39 Å². The van der Waals surface area contributed by atoms with Crippen molar-refractivity contribution < 1.29 is 9.13 Å². The summed E-state index contributed by atoms with van der Waals surface area (Å²) in [4.78, 5) is 4.30. The van der Waals surface area contributed by atoms with Gasteiger partial charge in [-0.25, -0.2) is 4.39 Å². The Kier molecular flexibility index (Phi) is 11.3. The van der Waals surface area contributed by atoms with Crippen molar-refractivity contribution in [3.63, 3.8) is 0 Å². The molecular formula is C18H29FIN3OS. The molecule has 0 aromatic heterocycles. The maximum atomic E-state index is 12.8. The van der Waals surface area contributed by atoms with E-state index < -0.39 is 0 Å². The number of thioether (sulfide) groups is 1.